The molecule has 25 heavy (non-hydrogen) atoms. The predicted molar refractivity (Wildman–Crippen MR) is 98.6 cm³/mol. The maximum atomic E-state index is 13.8. The van der Waals surface area contributed by atoms with E-state index in [9.17, 15) is 4.39 Å². The molecule has 0 radical (unpaired) electrons. The number of nitrogens with one attached hydrogen (secondary N) is 2. The number of nitrogens with zero attached hydrogens (tertiary/aromatic N) is 2. The smallest absolute Gasteiger partial charge is 0.171 e. The second kappa shape index (κ2) is 6.57. The zero-order valence-corrected chi connectivity index (χ0v) is 13.3. The van der Waals surface area contributed by atoms with Crippen LogP contribution in [0.15, 0.2) is 78.9 Å². The molecule has 0 unspecified atom stereocenters. The van der Waals surface area contributed by atoms with Crippen molar-refractivity contribution < 1.29 is 4.39 Å². The Bertz CT molecular complexity index is 1020. The van der Waals surface area contributed by atoms with Gasteiger partial charge < -0.3 is 0 Å². The zero-order valence-electron chi connectivity index (χ0n) is 13.3. The zero-order chi connectivity index (χ0) is 17.1. The minimum atomic E-state index is -0.343. The average Bonchev–Trinajstić information content (AvgIpc) is 2.67. The van der Waals surface area contributed by atoms with Crippen molar-refractivity contribution >= 4 is 22.5 Å². The summed E-state index contributed by atoms with van der Waals surface area (Å²) in [5, 5.41) is 0. The van der Waals surface area contributed by atoms with Gasteiger partial charge in [-0.25, -0.2) is 14.4 Å². The highest BCUT2D eigenvalue weighted by molar-refractivity contribution is 5.83. The molecule has 5 heteroatoms. The van der Waals surface area contributed by atoms with Gasteiger partial charge in [0.05, 0.1) is 16.7 Å². The summed E-state index contributed by atoms with van der Waals surface area (Å²) in [5.41, 5.74) is 9.41. The molecule has 0 saturated carbocycles. The topological polar surface area (TPSA) is 49.8 Å². The van der Waals surface area contributed by atoms with Crippen LogP contribution in [0.4, 0.5) is 15.9 Å². The van der Waals surface area contributed by atoms with Gasteiger partial charge in [0.15, 0.2) is 5.82 Å². The van der Waals surface area contributed by atoms with Crippen LogP contribution in [-0.4, -0.2) is 9.97 Å². The van der Waals surface area contributed by atoms with Gasteiger partial charge in [0.2, 0.25) is 0 Å². The van der Waals surface area contributed by atoms with Crippen molar-refractivity contribution in [2.24, 2.45) is 0 Å². The van der Waals surface area contributed by atoms with Crippen molar-refractivity contribution in [3.05, 3.63) is 84.7 Å². The first kappa shape index (κ1) is 15.1. The molecular formula is C20H15FN4. The highest BCUT2D eigenvalue weighted by Crippen LogP contribution is 2.27. The van der Waals surface area contributed by atoms with Gasteiger partial charge in [-0.05, 0) is 24.3 Å². The van der Waals surface area contributed by atoms with E-state index in [-0.39, 0.29) is 5.82 Å². The third-order valence-corrected chi connectivity index (χ3v) is 3.81. The standard InChI is InChI=1S/C20H15FN4/c21-15-10-4-5-11-16(15)24-25-20-19(14-8-2-1-3-9-14)22-17-12-6-7-13-18(17)23-20/h1-13,24H,(H,23,25). The summed E-state index contributed by atoms with van der Waals surface area (Å²) in [6.07, 6.45) is 0. The monoisotopic (exact) mass is 330 g/mol. The minimum absolute atomic E-state index is 0.343. The fraction of sp³-hybridized carbons (Fsp3) is 0. The third kappa shape index (κ3) is 3.12. The van der Waals surface area contributed by atoms with E-state index < -0.39 is 0 Å². The Morgan fingerprint density at radius 3 is 2.04 bits per heavy atom. The summed E-state index contributed by atoms with van der Waals surface area (Å²) in [4.78, 5) is 9.36. The third-order valence-electron chi connectivity index (χ3n) is 3.81. The highest BCUT2D eigenvalue weighted by Gasteiger charge is 2.11. The maximum Gasteiger partial charge on any atom is 0.171 e. The number of hydrazine groups is 1. The molecule has 0 amide bonds. The molecule has 0 spiro atoms. The molecule has 0 bridgehead atoms. The summed E-state index contributed by atoms with van der Waals surface area (Å²) in [7, 11) is 0. The number of hydrogen-bond acceptors (Lipinski definition) is 4. The molecule has 0 aliphatic carbocycles. The molecule has 0 saturated heterocycles. The minimum Gasteiger partial charge on any atom is -0.297 e. The lowest BCUT2D eigenvalue weighted by atomic mass is 10.1. The fourth-order valence-electron chi connectivity index (χ4n) is 2.57. The highest BCUT2D eigenvalue weighted by atomic mass is 19.1. The number of fused-ring (bicyclic) bond motifs is 1. The number of benzene rings is 3. The SMILES string of the molecule is Fc1ccccc1NNc1nc2ccccc2nc1-c1ccccc1. The normalized spacial score (nSPS) is 10.6. The van der Waals surface area contributed by atoms with E-state index in [0.717, 1.165) is 16.6 Å². The Balaban J connectivity index is 1.77. The Kier molecular flexibility index (Phi) is 3.96. The molecule has 1 aromatic heterocycles. The van der Waals surface area contributed by atoms with Crippen LogP contribution in [0.5, 0.6) is 0 Å². The summed E-state index contributed by atoms with van der Waals surface area (Å²) in [6, 6.07) is 23.9. The lowest BCUT2D eigenvalue weighted by Crippen LogP contribution is -2.13. The van der Waals surface area contributed by atoms with Crippen LogP contribution in [0.25, 0.3) is 22.3 Å². The van der Waals surface area contributed by atoms with Gasteiger partial charge in [-0.3, -0.25) is 10.9 Å². The molecule has 122 valence electrons. The number of anilines is 2. The Hall–Kier alpha value is -3.47. The van der Waals surface area contributed by atoms with E-state index in [2.05, 4.69) is 15.8 Å². The van der Waals surface area contributed by atoms with Crippen molar-refractivity contribution in [2.45, 2.75) is 0 Å². The summed E-state index contributed by atoms with van der Waals surface area (Å²) in [5.74, 6) is 0.193. The van der Waals surface area contributed by atoms with Gasteiger partial charge in [-0.1, -0.05) is 54.6 Å². The number of para-hydroxylation sites is 3. The molecule has 2 N–H and O–H groups in total. The van der Waals surface area contributed by atoms with Gasteiger partial charge >= 0.3 is 0 Å². The van der Waals surface area contributed by atoms with E-state index in [0.29, 0.717) is 17.2 Å². The Morgan fingerprint density at radius 2 is 1.28 bits per heavy atom. The summed E-state index contributed by atoms with van der Waals surface area (Å²) < 4.78 is 13.8. The molecule has 0 aliphatic rings. The van der Waals surface area contributed by atoms with Crippen molar-refractivity contribution in [3.8, 4) is 11.3 Å². The molecule has 0 fully saturated rings. The lowest BCUT2D eigenvalue weighted by Gasteiger charge is -2.14. The molecule has 4 aromatic rings. The molecule has 1 heterocycles. The average molecular weight is 330 g/mol. The van der Waals surface area contributed by atoms with E-state index in [1.165, 1.54) is 6.07 Å². The van der Waals surface area contributed by atoms with E-state index in [1.807, 2.05) is 54.6 Å². The number of hydrogen-bond donors (Lipinski definition) is 2. The number of aromatic nitrogens is 2. The largest absolute Gasteiger partial charge is 0.297 e. The number of rotatable bonds is 4. The van der Waals surface area contributed by atoms with Crippen molar-refractivity contribution in [2.75, 3.05) is 10.9 Å². The summed E-state index contributed by atoms with van der Waals surface area (Å²) >= 11 is 0. The van der Waals surface area contributed by atoms with E-state index in [4.69, 9.17) is 4.98 Å². The first-order chi connectivity index (χ1) is 12.3. The fourth-order valence-corrected chi connectivity index (χ4v) is 2.57. The van der Waals surface area contributed by atoms with Gasteiger partial charge in [-0.2, -0.15) is 0 Å². The predicted octanol–water partition coefficient (Wildman–Crippen LogP) is 4.87. The van der Waals surface area contributed by atoms with E-state index in [1.54, 1.807) is 18.2 Å². The number of halogens is 1. The van der Waals surface area contributed by atoms with Crippen molar-refractivity contribution in [3.63, 3.8) is 0 Å². The molecule has 0 aliphatic heterocycles. The van der Waals surface area contributed by atoms with Crippen LogP contribution in [-0.2, 0) is 0 Å². The second-order valence-corrected chi connectivity index (χ2v) is 5.51. The molecular weight excluding hydrogens is 315 g/mol. The molecule has 3 aromatic carbocycles. The first-order valence-electron chi connectivity index (χ1n) is 7.90. The van der Waals surface area contributed by atoms with Gasteiger partial charge in [0.25, 0.3) is 0 Å². The van der Waals surface area contributed by atoms with Crippen LogP contribution in [0, 0.1) is 5.82 Å². The van der Waals surface area contributed by atoms with Crippen LogP contribution in [0.3, 0.4) is 0 Å². The molecule has 0 atom stereocenters. The van der Waals surface area contributed by atoms with Gasteiger partial charge in [0.1, 0.15) is 11.5 Å². The van der Waals surface area contributed by atoms with Gasteiger partial charge in [0, 0.05) is 5.56 Å². The van der Waals surface area contributed by atoms with Gasteiger partial charge in [-0.15, -0.1) is 0 Å². The van der Waals surface area contributed by atoms with Crippen LogP contribution in [0.2, 0.25) is 0 Å². The molecule has 4 rings (SSSR count). The lowest BCUT2D eigenvalue weighted by molar-refractivity contribution is 0.631. The first-order valence-corrected chi connectivity index (χ1v) is 7.90. The quantitative estimate of drug-likeness (QED) is 0.524. The summed E-state index contributed by atoms with van der Waals surface area (Å²) in [6.45, 7) is 0. The maximum absolute atomic E-state index is 13.8. The second-order valence-electron chi connectivity index (χ2n) is 5.51. The van der Waals surface area contributed by atoms with Crippen LogP contribution < -0.4 is 10.9 Å². The van der Waals surface area contributed by atoms with Crippen molar-refractivity contribution in [1.82, 2.24) is 9.97 Å². The van der Waals surface area contributed by atoms with Crippen molar-refractivity contribution in [1.29, 1.82) is 0 Å². The van der Waals surface area contributed by atoms with E-state index >= 15 is 0 Å². The molecule has 4 nitrogen and oxygen atoms in total. The van der Waals surface area contributed by atoms with Crippen LogP contribution >= 0.6 is 0 Å². The Labute approximate surface area is 144 Å². The Morgan fingerprint density at radius 1 is 0.640 bits per heavy atom. The van der Waals surface area contributed by atoms with Crippen LogP contribution in [0.1, 0.15) is 0 Å².